The number of aryl methyl sites for hydroxylation is 2. The third kappa shape index (κ3) is 5.40. The maximum atomic E-state index is 13.8. The Labute approximate surface area is 181 Å². The second-order valence-electron chi connectivity index (χ2n) is 6.34. The molecule has 0 saturated carbocycles. The fraction of sp³-hybridized carbons (Fsp3) is 0.190. The second kappa shape index (κ2) is 9.77. The van der Waals surface area contributed by atoms with Crippen molar-refractivity contribution < 1.29 is 23.2 Å². The number of ether oxygens (including phenoxy) is 1. The van der Waals surface area contributed by atoms with Crippen LogP contribution in [0.4, 0.5) is 10.1 Å². The highest BCUT2D eigenvalue weighted by molar-refractivity contribution is 7.98. The Morgan fingerprint density at radius 2 is 2.00 bits per heavy atom. The molecule has 1 N–H and O–H groups in total. The number of benzene rings is 2. The molecule has 30 heavy (non-hydrogen) atoms. The van der Waals surface area contributed by atoms with Gasteiger partial charge in [-0.1, -0.05) is 28.9 Å². The first-order chi connectivity index (χ1) is 14.3. The van der Waals surface area contributed by atoms with Gasteiger partial charge in [-0.05, 0) is 44.2 Å². The number of anilines is 1. The average molecular weight is 449 g/mol. The summed E-state index contributed by atoms with van der Waals surface area (Å²) < 4.78 is 24.0. The molecule has 0 saturated heterocycles. The number of carbonyl (C=O) groups excluding carboxylic acids is 2. The Morgan fingerprint density at radius 3 is 2.70 bits per heavy atom. The number of aromatic nitrogens is 1. The largest absolute Gasteiger partial charge is 0.452 e. The molecule has 6 nitrogen and oxygen atoms in total. The van der Waals surface area contributed by atoms with Crippen LogP contribution in [-0.4, -0.2) is 23.6 Å². The molecule has 156 valence electrons. The molecule has 3 aromatic rings. The minimum absolute atomic E-state index is 0.0455. The molecule has 0 bridgehead atoms. The van der Waals surface area contributed by atoms with Gasteiger partial charge in [-0.2, -0.15) is 0 Å². The topological polar surface area (TPSA) is 81.4 Å². The molecule has 1 aromatic heterocycles. The highest BCUT2D eigenvalue weighted by Crippen LogP contribution is 2.29. The van der Waals surface area contributed by atoms with Crippen molar-refractivity contribution in [1.82, 2.24) is 5.16 Å². The number of thioether (sulfide) groups is 1. The molecule has 1 amide bonds. The van der Waals surface area contributed by atoms with Gasteiger partial charge in [0.15, 0.2) is 6.61 Å². The molecule has 0 spiro atoms. The van der Waals surface area contributed by atoms with E-state index in [1.807, 2.05) is 19.9 Å². The van der Waals surface area contributed by atoms with Crippen molar-refractivity contribution in [2.75, 3.05) is 11.9 Å². The van der Waals surface area contributed by atoms with Crippen molar-refractivity contribution >= 4 is 40.9 Å². The Balaban J connectivity index is 1.61. The van der Waals surface area contributed by atoms with Crippen LogP contribution in [0.5, 0.6) is 0 Å². The zero-order valence-electron chi connectivity index (χ0n) is 16.2. The summed E-state index contributed by atoms with van der Waals surface area (Å²) in [7, 11) is 0. The van der Waals surface area contributed by atoms with Gasteiger partial charge >= 0.3 is 5.97 Å². The highest BCUT2D eigenvalue weighted by atomic mass is 35.5. The summed E-state index contributed by atoms with van der Waals surface area (Å²) in [6.45, 7) is 3.14. The lowest BCUT2D eigenvalue weighted by molar-refractivity contribution is -0.119. The Bertz CT molecular complexity index is 1070. The summed E-state index contributed by atoms with van der Waals surface area (Å²) in [6.07, 6.45) is 0. The molecule has 9 heteroatoms. The third-order valence-corrected chi connectivity index (χ3v) is 5.53. The lowest BCUT2D eigenvalue weighted by atomic mass is 10.2. The fourth-order valence-corrected chi connectivity index (χ4v) is 3.96. The van der Waals surface area contributed by atoms with E-state index in [0.29, 0.717) is 16.2 Å². The number of nitrogens with one attached hydrogen (secondary N) is 1. The van der Waals surface area contributed by atoms with Gasteiger partial charge in [-0.25, -0.2) is 9.18 Å². The third-order valence-electron chi connectivity index (χ3n) is 4.20. The van der Waals surface area contributed by atoms with Crippen molar-refractivity contribution in [2.24, 2.45) is 0 Å². The molecule has 0 radical (unpaired) electrons. The number of halogens is 2. The van der Waals surface area contributed by atoms with Gasteiger partial charge in [0.05, 0.1) is 16.9 Å². The molecule has 0 aliphatic carbocycles. The second-order valence-corrected chi connectivity index (χ2v) is 7.79. The minimum atomic E-state index is -0.678. The van der Waals surface area contributed by atoms with Gasteiger partial charge in [0, 0.05) is 21.2 Å². The van der Waals surface area contributed by atoms with Crippen molar-refractivity contribution in [1.29, 1.82) is 0 Å². The minimum Gasteiger partial charge on any atom is -0.452 e. The molecule has 3 rings (SSSR count). The van der Waals surface area contributed by atoms with E-state index in [4.69, 9.17) is 20.9 Å². The molecule has 1 heterocycles. The van der Waals surface area contributed by atoms with E-state index in [1.165, 1.54) is 23.9 Å². The van der Waals surface area contributed by atoms with Gasteiger partial charge < -0.3 is 14.6 Å². The van der Waals surface area contributed by atoms with Gasteiger partial charge in [0.25, 0.3) is 5.91 Å². The number of esters is 1. The summed E-state index contributed by atoms with van der Waals surface area (Å²) in [5.41, 5.74) is 2.05. The first kappa shape index (κ1) is 21.9. The van der Waals surface area contributed by atoms with Crippen LogP contribution in [0, 0.1) is 19.7 Å². The van der Waals surface area contributed by atoms with Crippen LogP contribution in [0.1, 0.15) is 27.4 Å². The molecular formula is C21H18ClFN2O4S. The van der Waals surface area contributed by atoms with E-state index in [2.05, 4.69) is 10.5 Å². The number of hydrogen-bond donors (Lipinski definition) is 1. The molecule has 0 unspecified atom stereocenters. The van der Waals surface area contributed by atoms with Crippen molar-refractivity contribution in [3.05, 3.63) is 75.9 Å². The molecule has 0 fully saturated rings. The summed E-state index contributed by atoms with van der Waals surface area (Å²) >= 11 is 7.12. The van der Waals surface area contributed by atoms with E-state index >= 15 is 0 Å². The Kier molecular flexibility index (Phi) is 7.12. The van der Waals surface area contributed by atoms with Crippen LogP contribution in [0.3, 0.4) is 0 Å². The maximum Gasteiger partial charge on any atom is 0.339 e. The lowest BCUT2D eigenvalue weighted by Crippen LogP contribution is -2.21. The SMILES string of the molecule is Cc1noc(C)c1CSc1ccccc1C(=O)OCC(=O)Nc1ccc(Cl)cc1F. The maximum absolute atomic E-state index is 13.8. The summed E-state index contributed by atoms with van der Waals surface area (Å²) in [5.74, 6) is -0.689. The van der Waals surface area contributed by atoms with Crippen LogP contribution in [0.15, 0.2) is 51.9 Å². The van der Waals surface area contributed by atoms with Crippen LogP contribution < -0.4 is 5.32 Å². The molecule has 2 aromatic carbocycles. The Morgan fingerprint density at radius 1 is 1.23 bits per heavy atom. The number of nitrogens with zero attached hydrogens (tertiary/aromatic N) is 1. The average Bonchev–Trinajstić information content (AvgIpc) is 3.04. The van der Waals surface area contributed by atoms with Gasteiger partial charge in [-0.3, -0.25) is 4.79 Å². The van der Waals surface area contributed by atoms with Gasteiger partial charge in [0.2, 0.25) is 0 Å². The van der Waals surface area contributed by atoms with E-state index in [0.717, 1.165) is 23.1 Å². The smallest absolute Gasteiger partial charge is 0.339 e. The first-order valence-electron chi connectivity index (χ1n) is 8.90. The highest BCUT2D eigenvalue weighted by Gasteiger charge is 2.17. The van der Waals surface area contributed by atoms with E-state index < -0.39 is 24.3 Å². The molecule has 0 atom stereocenters. The molecular weight excluding hydrogens is 431 g/mol. The molecule has 0 aliphatic heterocycles. The monoisotopic (exact) mass is 448 g/mol. The summed E-state index contributed by atoms with van der Waals surface area (Å²) in [5, 5.41) is 6.48. The number of carbonyl (C=O) groups is 2. The first-order valence-corrected chi connectivity index (χ1v) is 10.3. The Hall–Kier alpha value is -2.84. The quantitative estimate of drug-likeness (QED) is 0.396. The predicted molar refractivity (Wildman–Crippen MR) is 112 cm³/mol. The van der Waals surface area contributed by atoms with E-state index in [9.17, 15) is 14.0 Å². The van der Waals surface area contributed by atoms with Crippen LogP contribution in [0.2, 0.25) is 5.02 Å². The zero-order chi connectivity index (χ0) is 21.7. The summed E-state index contributed by atoms with van der Waals surface area (Å²) in [4.78, 5) is 25.2. The number of amides is 1. The standard InChI is InChI=1S/C21H18ClFN2O4S/c1-12-16(13(2)29-25-12)11-30-19-6-4-3-5-15(19)21(27)28-10-20(26)24-18-8-7-14(22)9-17(18)23/h3-9H,10-11H2,1-2H3,(H,24,26). The van der Waals surface area contributed by atoms with E-state index in [-0.39, 0.29) is 10.7 Å². The van der Waals surface area contributed by atoms with Crippen molar-refractivity contribution in [3.63, 3.8) is 0 Å². The van der Waals surface area contributed by atoms with Crippen LogP contribution in [-0.2, 0) is 15.3 Å². The summed E-state index contributed by atoms with van der Waals surface area (Å²) in [6, 6.07) is 10.8. The zero-order valence-corrected chi connectivity index (χ0v) is 17.8. The van der Waals surface area contributed by atoms with Crippen LogP contribution in [0.25, 0.3) is 0 Å². The predicted octanol–water partition coefficient (Wildman–Crippen LogP) is 5.17. The van der Waals surface area contributed by atoms with Gasteiger partial charge in [-0.15, -0.1) is 11.8 Å². The van der Waals surface area contributed by atoms with E-state index in [1.54, 1.807) is 18.2 Å². The van der Waals surface area contributed by atoms with Crippen molar-refractivity contribution in [2.45, 2.75) is 24.5 Å². The normalized spacial score (nSPS) is 10.7. The number of rotatable bonds is 7. The lowest BCUT2D eigenvalue weighted by Gasteiger charge is -2.10. The fourth-order valence-electron chi connectivity index (χ4n) is 2.60. The van der Waals surface area contributed by atoms with Crippen molar-refractivity contribution in [3.8, 4) is 0 Å². The van der Waals surface area contributed by atoms with Crippen LogP contribution >= 0.6 is 23.4 Å². The van der Waals surface area contributed by atoms with Gasteiger partial charge in [0.1, 0.15) is 11.6 Å². The number of hydrogen-bond acceptors (Lipinski definition) is 6. The molecule has 0 aliphatic rings.